The van der Waals surface area contributed by atoms with E-state index < -0.39 is 0 Å². The van der Waals surface area contributed by atoms with Crippen molar-refractivity contribution < 1.29 is 9.53 Å². The summed E-state index contributed by atoms with van der Waals surface area (Å²) in [5.74, 6) is 8.77. The van der Waals surface area contributed by atoms with Gasteiger partial charge < -0.3 is 10.5 Å². The van der Waals surface area contributed by atoms with Crippen LogP contribution in [0.5, 0.6) is 5.75 Å². The number of ether oxygens (including phenoxy) is 1. The lowest BCUT2D eigenvalue weighted by atomic mass is 9.94. The van der Waals surface area contributed by atoms with Gasteiger partial charge in [-0.25, -0.2) is 0 Å². The quantitative estimate of drug-likeness (QED) is 0.800. The first kappa shape index (κ1) is 18.1. The second kappa shape index (κ2) is 8.10. The van der Waals surface area contributed by atoms with Crippen LogP contribution < -0.4 is 10.5 Å². The average Bonchev–Trinajstić information content (AvgIpc) is 3.46. The van der Waals surface area contributed by atoms with Crippen molar-refractivity contribution in [3.63, 3.8) is 0 Å². The van der Waals surface area contributed by atoms with E-state index in [4.69, 9.17) is 10.5 Å². The Hall–Kier alpha value is -2.73. The van der Waals surface area contributed by atoms with Crippen LogP contribution in [-0.4, -0.2) is 13.0 Å². The van der Waals surface area contributed by atoms with Crippen molar-refractivity contribution >= 4 is 5.91 Å². The van der Waals surface area contributed by atoms with Gasteiger partial charge in [-0.15, -0.1) is 0 Å². The molecule has 0 bridgehead atoms. The second-order valence-corrected chi connectivity index (χ2v) is 7.06. The minimum atomic E-state index is -0.218. The Kier molecular flexibility index (Phi) is 5.63. The van der Waals surface area contributed by atoms with Crippen LogP contribution >= 0.6 is 0 Å². The van der Waals surface area contributed by atoms with Gasteiger partial charge in [0.2, 0.25) is 5.91 Å². The van der Waals surface area contributed by atoms with E-state index in [-0.39, 0.29) is 5.91 Å². The van der Waals surface area contributed by atoms with Gasteiger partial charge >= 0.3 is 0 Å². The van der Waals surface area contributed by atoms with Crippen LogP contribution in [-0.2, 0) is 4.79 Å². The first-order valence-corrected chi connectivity index (χ1v) is 9.11. The van der Waals surface area contributed by atoms with Gasteiger partial charge in [0.05, 0.1) is 7.11 Å². The van der Waals surface area contributed by atoms with Crippen molar-refractivity contribution in [3.8, 4) is 17.6 Å². The van der Waals surface area contributed by atoms with E-state index in [2.05, 4.69) is 24.8 Å². The van der Waals surface area contributed by atoms with Gasteiger partial charge in [0.25, 0.3) is 0 Å². The third-order valence-electron chi connectivity index (χ3n) is 5.19. The van der Waals surface area contributed by atoms with Crippen LogP contribution in [0.1, 0.15) is 48.8 Å². The number of rotatable bonds is 6. The Bertz CT molecular complexity index is 832. The molecular weight excluding hydrogens is 322 g/mol. The lowest BCUT2D eigenvalue weighted by molar-refractivity contribution is -0.118. The van der Waals surface area contributed by atoms with Gasteiger partial charge in [0, 0.05) is 17.5 Å². The molecule has 0 aromatic heterocycles. The van der Waals surface area contributed by atoms with Crippen LogP contribution in [0.25, 0.3) is 0 Å². The molecule has 1 aliphatic carbocycles. The van der Waals surface area contributed by atoms with Crippen molar-refractivity contribution in [1.82, 2.24) is 0 Å². The molecule has 3 heteroatoms. The lowest BCUT2D eigenvalue weighted by Gasteiger charge is -2.12. The molecule has 0 radical (unpaired) electrons. The molecule has 0 saturated heterocycles. The van der Waals surface area contributed by atoms with E-state index in [9.17, 15) is 4.79 Å². The predicted octanol–water partition coefficient (Wildman–Crippen LogP) is 4.10. The van der Waals surface area contributed by atoms with Crippen LogP contribution in [0, 0.1) is 23.7 Å². The molecule has 2 N–H and O–H groups in total. The Morgan fingerprint density at radius 2 is 2.00 bits per heavy atom. The molecule has 1 fully saturated rings. The molecule has 2 aromatic carbocycles. The number of primary amides is 1. The maximum atomic E-state index is 11.0. The summed E-state index contributed by atoms with van der Waals surface area (Å²) in [4.78, 5) is 11.0. The first-order chi connectivity index (χ1) is 12.6. The number of carbonyl (C=O) groups is 1. The van der Waals surface area contributed by atoms with Crippen molar-refractivity contribution in [1.29, 1.82) is 0 Å². The van der Waals surface area contributed by atoms with E-state index in [1.165, 1.54) is 5.56 Å². The number of hydrogen-bond donors (Lipinski definition) is 1. The summed E-state index contributed by atoms with van der Waals surface area (Å²) < 4.78 is 5.42. The number of nitrogens with two attached hydrogens (primary N) is 1. The van der Waals surface area contributed by atoms with Gasteiger partial charge in [-0.1, -0.05) is 37.0 Å². The zero-order valence-electron chi connectivity index (χ0n) is 15.4. The molecule has 0 spiro atoms. The summed E-state index contributed by atoms with van der Waals surface area (Å²) in [5, 5.41) is 0. The fourth-order valence-corrected chi connectivity index (χ4v) is 3.53. The third-order valence-corrected chi connectivity index (χ3v) is 5.19. The highest BCUT2D eigenvalue weighted by atomic mass is 16.5. The Balaban J connectivity index is 1.80. The fraction of sp³-hybridized carbons (Fsp3) is 0.348. The number of amides is 1. The molecule has 3 unspecified atom stereocenters. The molecule has 2 aromatic rings. The Morgan fingerprint density at radius 3 is 2.69 bits per heavy atom. The number of methoxy groups -OCH3 is 1. The normalized spacial score (nSPS) is 19.2. The zero-order chi connectivity index (χ0) is 18.5. The number of benzene rings is 2. The van der Waals surface area contributed by atoms with Crippen LogP contribution in [0.15, 0.2) is 48.5 Å². The highest BCUT2D eigenvalue weighted by molar-refractivity contribution is 5.73. The van der Waals surface area contributed by atoms with Crippen LogP contribution in [0.4, 0.5) is 0 Å². The third kappa shape index (κ3) is 4.46. The minimum absolute atomic E-state index is 0.218. The highest BCUT2D eigenvalue weighted by Gasteiger charge is 2.42. The lowest BCUT2D eigenvalue weighted by Crippen LogP contribution is -2.12. The van der Waals surface area contributed by atoms with E-state index >= 15 is 0 Å². The van der Waals surface area contributed by atoms with Crippen molar-refractivity contribution in [3.05, 3.63) is 65.2 Å². The predicted molar refractivity (Wildman–Crippen MR) is 104 cm³/mol. The largest absolute Gasteiger partial charge is 0.497 e. The van der Waals surface area contributed by atoms with Gasteiger partial charge in [-0.2, -0.15) is 0 Å². The molecule has 3 rings (SSSR count). The molecule has 3 atom stereocenters. The standard InChI is InChI=1S/C23H25NO2/c1-16(8-13-23(24)25)20-15-22(20)21-14-19(26-2)12-11-18(21)10-9-17-6-4-3-5-7-17/h3-7,11-12,14,16,20,22H,8,13,15H2,1-2H3,(H2,24,25). The summed E-state index contributed by atoms with van der Waals surface area (Å²) in [6.07, 6.45) is 2.45. The van der Waals surface area contributed by atoms with E-state index in [0.29, 0.717) is 24.2 Å². The van der Waals surface area contributed by atoms with Crippen molar-refractivity contribution in [2.45, 2.75) is 32.1 Å². The minimum Gasteiger partial charge on any atom is -0.497 e. The second-order valence-electron chi connectivity index (χ2n) is 7.06. The van der Waals surface area contributed by atoms with Crippen LogP contribution in [0.3, 0.4) is 0 Å². The maximum Gasteiger partial charge on any atom is 0.217 e. The average molecular weight is 347 g/mol. The molecule has 26 heavy (non-hydrogen) atoms. The molecule has 0 heterocycles. The van der Waals surface area contributed by atoms with Gasteiger partial charge in [-0.3, -0.25) is 4.79 Å². The SMILES string of the molecule is COc1ccc(C#Cc2ccccc2)c(C2CC2C(C)CCC(N)=O)c1. The zero-order valence-corrected chi connectivity index (χ0v) is 15.4. The summed E-state index contributed by atoms with van der Waals surface area (Å²) in [7, 11) is 1.69. The molecular formula is C23H25NO2. The van der Waals surface area contributed by atoms with E-state index in [0.717, 1.165) is 29.7 Å². The Morgan fingerprint density at radius 1 is 1.23 bits per heavy atom. The number of hydrogen-bond acceptors (Lipinski definition) is 2. The van der Waals surface area contributed by atoms with Crippen molar-refractivity contribution in [2.75, 3.05) is 7.11 Å². The topological polar surface area (TPSA) is 52.3 Å². The molecule has 134 valence electrons. The summed E-state index contributed by atoms with van der Waals surface area (Å²) in [6.45, 7) is 2.21. The summed E-state index contributed by atoms with van der Waals surface area (Å²) >= 11 is 0. The van der Waals surface area contributed by atoms with Crippen LogP contribution in [0.2, 0.25) is 0 Å². The number of carbonyl (C=O) groups excluding carboxylic acids is 1. The maximum absolute atomic E-state index is 11.0. The van der Waals surface area contributed by atoms with Crippen molar-refractivity contribution in [2.24, 2.45) is 17.6 Å². The highest BCUT2D eigenvalue weighted by Crippen LogP contribution is 2.54. The van der Waals surface area contributed by atoms with Gasteiger partial charge in [0.15, 0.2) is 0 Å². The molecule has 1 aliphatic rings. The fourth-order valence-electron chi connectivity index (χ4n) is 3.53. The summed E-state index contributed by atoms with van der Waals surface area (Å²) in [6, 6.07) is 16.1. The van der Waals surface area contributed by atoms with Gasteiger partial charge in [0.1, 0.15) is 5.75 Å². The summed E-state index contributed by atoms with van der Waals surface area (Å²) in [5.41, 5.74) is 8.61. The smallest absolute Gasteiger partial charge is 0.217 e. The molecule has 0 aliphatic heterocycles. The monoisotopic (exact) mass is 347 g/mol. The first-order valence-electron chi connectivity index (χ1n) is 9.11. The van der Waals surface area contributed by atoms with Gasteiger partial charge in [-0.05, 0) is 66.5 Å². The van der Waals surface area contributed by atoms with E-state index in [1.54, 1.807) is 7.11 Å². The van der Waals surface area contributed by atoms with E-state index in [1.807, 2.05) is 42.5 Å². The molecule has 1 saturated carbocycles. The molecule has 1 amide bonds. The Labute approximate surface area is 155 Å². The molecule has 3 nitrogen and oxygen atoms in total.